The van der Waals surface area contributed by atoms with Crippen LogP contribution in [0, 0.1) is 5.82 Å². The molecule has 1 heterocycles. The molecule has 0 unspecified atom stereocenters. The predicted octanol–water partition coefficient (Wildman–Crippen LogP) is 3.59. The van der Waals surface area contributed by atoms with E-state index in [-0.39, 0.29) is 21.4 Å². The molecular weight excluding hydrogens is 305 g/mol. The first kappa shape index (κ1) is 14.6. The predicted molar refractivity (Wildman–Crippen MR) is 73.9 cm³/mol. The number of hydrogen-bond donors (Lipinski definition) is 0. The molecule has 0 radical (unpaired) electrons. The summed E-state index contributed by atoms with van der Waals surface area (Å²) in [7, 11) is 1.20. The molecule has 2 aromatic rings. The molecular formula is C13H9ClFNO3S. The molecule has 2 rings (SSSR count). The number of Topliss-reactive ketones (excluding diaryl/α,β-unsaturated/α-hetero) is 1. The average Bonchev–Trinajstić information content (AvgIpc) is 2.82. The Morgan fingerprint density at radius 1 is 1.40 bits per heavy atom. The normalized spacial score (nSPS) is 10.4. The number of ether oxygens (including phenoxy) is 1. The third-order valence-electron chi connectivity index (χ3n) is 2.49. The molecule has 4 nitrogen and oxygen atoms in total. The molecule has 0 atom stereocenters. The number of methoxy groups -OCH3 is 1. The SMILES string of the molecule is COC(=O)c1nc(-c2ccc(F)cc2Cl)sc1C(C)=O. The van der Waals surface area contributed by atoms with Gasteiger partial charge in [0.25, 0.3) is 0 Å². The van der Waals surface area contributed by atoms with Gasteiger partial charge in [-0.05, 0) is 18.2 Å². The van der Waals surface area contributed by atoms with Crippen LogP contribution in [0.15, 0.2) is 18.2 Å². The van der Waals surface area contributed by atoms with E-state index in [0.29, 0.717) is 10.6 Å². The number of ketones is 1. The summed E-state index contributed by atoms with van der Waals surface area (Å²) in [5.41, 5.74) is 0.399. The number of carbonyl (C=O) groups excluding carboxylic acids is 2. The first-order valence-electron chi connectivity index (χ1n) is 5.49. The van der Waals surface area contributed by atoms with Crippen molar-refractivity contribution in [3.05, 3.63) is 39.6 Å². The lowest BCUT2D eigenvalue weighted by atomic mass is 10.2. The minimum atomic E-state index is -0.698. The van der Waals surface area contributed by atoms with Crippen LogP contribution in [0.4, 0.5) is 4.39 Å². The molecule has 1 aromatic heterocycles. The highest BCUT2D eigenvalue weighted by atomic mass is 35.5. The van der Waals surface area contributed by atoms with E-state index in [9.17, 15) is 14.0 Å². The number of hydrogen-bond acceptors (Lipinski definition) is 5. The lowest BCUT2D eigenvalue weighted by Gasteiger charge is -1.99. The van der Waals surface area contributed by atoms with Crippen molar-refractivity contribution >= 4 is 34.7 Å². The van der Waals surface area contributed by atoms with Crippen LogP contribution < -0.4 is 0 Å². The van der Waals surface area contributed by atoms with Gasteiger partial charge in [0, 0.05) is 12.5 Å². The van der Waals surface area contributed by atoms with Crippen LogP contribution in [-0.4, -0.2) is 23.8 Å². The van der Waals surface area contributed by atoms with Gasteiger partial charge in [-0.2, -0.15) is 0 Å². The standard InChI is InChI=1S/C13H9ClFNO3S/c1-6(17)11-10(13(18)19-2)16-12(20-11)8-4-3-7(15)5-9(8)14/h3-5H,1-2H3. The molecule has 0 aliphatic rings. The Bertz CT molecular complexity index is 699. The monoisotopic (exact) mass is 313 g/mol. The number of rotatable bonds is 3. The van der Waals surface area contributed by atoms with E-state index in [2.05, 4.69) is 9.72 Å². The third kappa shape index (κ3) is 2.71. The molecule has 0 aliphatic heterocycles. The fourth-order valence-corrected chi connectivity index (χ4v) is 2.87. The van der Waals surface area contributed by atoms with E-state index >= 15 is 0 Å². The largest absolute Gasteiger partial charge is 0.464 e. The lowest BCUT2D eigenvalue weighted by Crippen LogP contribution is -2.06. The first-order valence-corrected chi connectivity index (χ1v) is 6.69. The summed E-state index contributed by atoms with van der Waals surface area (Å²) in [5.74, 6) is -1.47. The van der Waals surface area contributed by atoms with Gasteiger partial charge >= 0.3 is 5.97 Å². The number of aromatic nitrogens is 1. The molecule has 20 heavy (non-hydrogen) atoms. The van der Waals surface area contributed by atoms with E-state index in [1.807, 2.05) is 0 Å². The number of carbonyl (C=O) groups is 2. The van der Waals surface area contributed by atoms with E-state index < -0.39 is 11.8 Å². The number of nitrogens with zero attached hydrogens (tertiary/aromatic N) is 1. The van der Waals surface area contributed by atoms with E-state index in [1.54, 1.807) is 0 Å². The van der Waals surface area contributed by atoms with Crippen LogP contribution in [0.25, 0.3) is 10.6 Å². The van der Waals surface area contributed by atoms with Crippen LogP contribution in [-0.2, 0) is 4.74 Å². The van der Waals surface area contributed by atoms with Crippen molar-refractivity contribution < 1.29 is 18.7 Å². The van der Waals surface area contributed by atoms with Crippen molar-refractivity contribution in [2.24, 2.45) is 0 Å². The third-order valence-corrected chi connectivity index (χ3v) is 3.99. The van der Waals surface area contributed by atoms with Gasteiger partial charge < -0.3 is 4.74 Å². The molecule has 0 amide bonds. The fourth-order valence-electron chi connectivity index (χ4n) is 1.57. The van der Waals surface area contributed by atoms with Crippen LogP contribution in [0.1, 0.15) is 27.1 Å². The number of benzene rings is 1. The molecule has 104 valence electrons. The number of thiazole rings is 1. The second kappa shape index (κ2) is 5.68. The van der Waals surface area contributed by atoms with Crippen LogP contribution >= 0.6 is 22.9 Å². The molecule has 0 N–H and O–H groups in total. The van der Waals surface area contributed by atoms with Crippen molar-refractivity contribution in [1.29, 1.82) is 0 Å². The van der Waals surface area contributed by atoms with E-state index in [4.69, 9.17) is 11.6 Å². The van der Waals surface area contributed by atoms with Crippen molar-refractivity contribution in [1.82, 2.24) is 4.98 Å². The molecule has 0 saturated carbocycles. The van der Waals surface area contributed by atoms with Crippen LogP contribution in [0.3, 0.4) is 0 Å². The molecule has 0 aliphatic carbocycles. The van der Waals surface area contributed by atoms with Gasteiger partial charge in [-0.3, -0.25) is 4.79 Å². The summed E-state index contributed by atoms with van der Waals surface area (Å²) in [4.78, 5) is 27.4. The zero-order chi connectivity index (χ0) is 14.9. The Morgan fingerprint density at radius 2 is 2.10 bits per heavy atom. The smallest absolute Gasteiger partial charge is 0.358 e. The van der Waals surface area contributed by atoms with Gasteiger partial charge in [0.15, 0.2) is 11.5 Å². The highest BCUT2D eigenvalue weighted by Gasteiger charge is 2.23. The maximum Gasteiger partial charge on any atom is 0.358 e. The molecule has 0 saturated heterocycles. The lowest BCUT2D eigenvalue weighted by molar-refractivity contribution is 0.0591. The van der Waals surface area contributed by atoms with Gasteiger partial charge in [0.2, 0.25) is 0 Å². The van der Waals surface area contributed by atoms with Gasteiger partial charge in [0.1, 0.15) is 15.7 Å². The van der Waals surface area contributed by atoms with E-state index in [0.717, 1.165) is 17.4 Å². The zero-order valence-electron chi connectivity index (χ0n) is 10.6. The fraction of sp³-hybridized carbons (Fsp3) is 0.154. The second-order valence-electron chi connectivity index (χ2n) is 3.87. The number of esters is 1. The summed E-state index contributed by atoms with van der Waals surface area (Å²) in [5, 5.41) is 0.519. The molecule has 0 bridgehead atoms. The Morgan fingerprint density at radius 3 is 2.65 bits per heavy atom. The molecule has 7 heteroatoms. The summed E-state index contributed by atoms with van der Waals surface area (Å²) >= 11 is 6.96. The Kier molecular flexibility index (Phi) is 4.15. The summed E-state index contributed by atoms with van der Waals surface area (Å²) < 4.78 is 17.6. The van der Waals surface area contributed by atoms with E-state index in [1.165, 1.54) is 26.2 Å². The molecule has 1 aromatic carbocycles. The van der Waals surface area contributed by atoms with Crippen molar-refractivity contribution in [3.63, 3.8) is 0 Å². The highest BCUT2D eigenvalue weighted by Crippen LogP contribution is 2.33. The number of halogens is 2. The van der Waals surface area contributed by atoms with Crippen LogP contribution in [0.2, 0.25) is 5.02 Å². The molecule has 0 spiro atoms. The van der Waals surface area contributed by atoms with Crippen molar-refractivity contribution in [2.45, 2.75) is 6.92 Å². The topological polar surface area (TPSA) is 56.3 Å². The molecule has 0 fully saturated rings. The summed E-state index contributed by atoms with van der Waals surface area (Å²) in [6, 6.07) is 3.82. The summed E-state index contributed by atoms with van der Waals surface area (Å²) in [6.45, 7) is 1.33. The van der Waals surface area contributed by atoms with Crippen molar-refractivity contribution in [3.8, 4) is 10.6 Å². The maximum atomic E-state index is 13.0. The summed E-state index contributed by atoms with van der Waals surface area (Å²) in [6.07, 6.45) is 0. The Hall–Kier alpha value is -1.79. The second-order valence-corrected chi connectivity index (χ2v) is 5.27. The van der Waals surface area contributed by atoms with Gasteiger partial charge in [-0.25, -0.2) is 14.2 Å². The first-order chi connectivity index (χ1) is 9.43. The quantitative estimate of drug-likeness (QED) is 0.642. The average molecular weight is 314 g/mol. The van der Waals surface area contributed by atoms with Gasteiger partial charge in [-0.1, -0.05) is 11.6 Å². The minimum Gasteiger partial charge on any atom is -0.464 e. The Labute approximate surface area is 123 Å². The van der Waals surface area contributed by atoms with Gasteiger partial charge in [-0.15, -0.1) is 11.3 Å². The van der Waals surface area contributed by atoms with Crippen molar-refractivity contribution in [2.75, 3.05) is 7.11 Å². The van der Waals surface area contributed by atoms with Crippen LogP contribution in [0.5, 0.6) is 0 Å². The minimum absolute atomic E-state index is 0.0552. The zero-order valence-corrected chi connectivity index (χ0v) is 12.1. The maximum absolute atomic E-state index is 13.0. The Balaban J connectivity index is 2.58. The van der Waals surface area contributed by atoms with Gasteiger partial charge in [0.05, 0.1) is 12.1 Å². The highest BCUT2D eigenvalue weighted by molar-refractivity contribution is 7.17.